The number of fused-ring (bicyclic) bond motifs is 1. The van der Waals surface area contributed by atoms with Crippen molar-refractivity contribution in [1.29, 1.82) is 0 Å². The number of carbonyl (C=O) groups is 1. The predicted molar refractivity (Wildman–Crippen MR) is 94.7 cm³/mol. The van der Waals surface area contributed by atoms with Crippen LogP contribution in [-0.2, 0) is 17.8 Å². The molecule has 0 unspecified atom stereocenters. The Morgan fingerprint density at radius 2 is 1.92 bits per heavy atom. The first-order valence-corrected chi connectivity index (χ1v) is 8.54. The van der Waals surface area contributed by atoms with Gasteiger partial charge in [0.2, 0.25) is 6.41 Å². The number of aliphatic hydroxyl groups is 1. The topological polar surface area (TPSA) is 80.0 Å². The highest BCUT2D eigenvalue weighted by atomic mass is 16.2. The standard InChI is InChI=1S/C13H14N4O.C4H8.CH4O/c18-9-15-13-7-10(4-5-14-13)11-8-16-17-6-2-1-3-12(11)17;1-2-4-3-1;1-2/h4-5,7-9H,1-3,6H2,(H,14,15,18);1-4H2;2H,1H3. The van der Waals surface area contributed by atoms with Gasteiger partial charge in [0, 0.05) is 31.1 Å². The zero-order valence-corrected chi connectivity index (χ0v) is 14.2. The second-order valence-electron chi connectivity index (χ2n) is 5.79. The number of aromatic nitrogens is 3. The van der Waals surface area contributed by atoms with Gasteiger partial charge < -0.3 is 10.4 Å². The molecular weight excluding hydrogens is 304 g/mol. The van der Waals surface area contributed by atoms with Crippen molar-refractivity contribution in [1.82, 2.24) is 14.8 Å². The quantitative estimate of drug-likeness (QED) is 0.848. The van der Waals surface area contributed by atoms with E-state index in [1.165, 1.54) is 44.2 Å². The van der Waals surface area contributed by atoms with E-state index < -0.39 is 0 Å². The molecule has 6 heteroatoms. The summed E-state index contributed by atoms with van der Waals surface area (Å²) >= 11 is 0. The van der Waals surface area contributed by atoms with Gasteiger partial charge in [-0.25, -0.2) is 4.98 Å². The number of amides is 1. The van der Waals surface area contributed by atoms with Crippen LogP contribution in [0.3, 0.4) is 0 Å². The van der Waals surface area contributed by atoms with Crippen LogP contribution in [0.5, 0.6) is 0 Å². The summed E-state index contributed by atoms with van der Waals surface area (Å²) in [6.07, 6.45) is 13.7. The Bertz CT molecular complexity index is 632. The van der Waals surface area contributed by atoms with E-state index in [4.69, 9.17) is 5.11 Å². The molecule has 1 aliphatic heterocycles. The highest BCUT2D eigenvalue weighted by Gasteiger charge is 2.16. The monoisotopic (exact) mass is 330 g/mol. The van der Waals surface area contributed by atoms with Gasteiger partial charge in [-0.2, -0.15) is 5.10 Å². The maximum absolute atomic E-state index is 10.4. The molecule has 2 aromatic heterocycles. The molecule has 0 atom stereocenters. The molecule has 2 aliphatic rings. The highest BCUT2D eigenvalue weighted by molar-refractivity contribution is 5.74. The van der Waals surface area contributed by atoms with E-state index in [9.17, 15) is 4.79 Å². The van der Waals surface area contributed by atoms with Gasteiger partial charge in [-0.05, 0) is 37.0 Å². The van der Waals surface area contributed by atoms with Gasteiger partial charge in [0.05, 0.1) is 6.20 Å². The summed E-state index contributed by atoms with van der Waals surface area (Å²) in [6.45, 7) is 1.000. The summed E-state index contributed by atoms with van der Waals surface area (Å²) in [6, 6.07) is 3.82. The predicted octanol–water partition coefficient (Wildman–Crippen LogP) is 3.02. The van der Waals surface area contributed by atoms with Crippen LogP contribution < -0.4 is 5.32 Å². The summed E-state index contributed by atoms with van der Waals surface area (Å²) in [5, 5.41) is 14.0. The molecule has 0 aromatic carbocycles. The maximum Gasteiger partial charge on any atom is 0.212 e. The van der Waals surface area contributed by atoms with E-state index in [2.05, 4.69) is 20.1 Å². The molecule has 0 radical (unpaired) electrons. The molecule has 2 aromatic rings. The number of aliphatic hydroxyl groups excluding tert-OH is 1. The van der Waals surface area contributed by atoms with Crippen LogP contribution in [0.25, 0.3) is 11.1 Å². The molecule has 2 N–H and O–H groups in total. The van der Waals surface area contributed by atoms with Crippen molar-refractivity contribution in [3.8, 4) is 11.1 Å². The van der Waals surface area contributed by atoms with E-state index >= 15 is 0 Å². The van der Waals surface area contributed by atoms with Gasteiger partial charge in [0.1, 0.15) is 5.82 Å². The normalized spacial score (nSPS) is 14.8. The van der Waals surface area contributed by atoms with Gasteiger partial charge in [-0.3, -0.25) is 9.48 Å². The Morgan fingerprint density at radius 3 is 2.58 bits per heavy atom. The van der Waals surface area contributed by atoms with Crippen LogP contribution >= 0.6 is 0 Å². The SMILES string of the molecule is C1CCC1.CO.O=CNc1cc(-c2cnn3c2CCCC3)ccn1. The van der Waals surface area contributed by atoms with Crippen LogP contribution in [-0.4, -0.2) is 33.4 Å². The smallest absolute Gasteiger partial charge is 0.212 e. The van der Waals surface area contributed by atoms with Crippen molar-refractivity contribution in [2.24, 2.45) is 0 Å². The lowest BCUT2D eigenvalue weighted by molar-refractivity contribution is -0.105. The molecule has 6 nitrogen and oxygen atoms in total. The van der Waals surface area contributed by atoms with Crippen LogP contribution in [0.15, 0.2) is 24.5 Å². The van der Waals surface area contributed by atoms with E-state index in [0.29, 0.717) is 12.2 Å². The van der Waals surface area contributed by atoms with Crippen molar-refractivity contribution in [3.05, 3.63) is 30.2 Å². The Kier molecular flexibility index (Phi) is 7.42. The molecule has 4 rings (SSSR count). The number of pyridine rings is 1. The number of carbonyl (C=O) groups excluding carboxylic acids is 1. The fourth-order valence-electron chi connectivity index (χ4n) is 2.65. The molecule has 0 bridgehead atoms. The number of rotatable bonds is 3. The largest absolute Gasteiger partial charge is 0.400 e. The van der Waals surface area contributed by atoms with E-state index in [-0.39, 0.29) is 0 Å². The van der Waals surface area contributed by atoms with Crippen molar-refractivity contribution in [3.63, 3.8) is 0 Å². The second kappa shape index (κ2) is 9.82. The lowest BCUT2D eigenvalue weighted by Crippen LogP contribution is -2.11. The minimum absolute atomic E-state index is 0.568. The summed E-state index contributed by atoms with van der Waals surface area (Å²) in [5.41, 5.74) is 3.48. The third-order valence-corrected chi connectivity index (χ3v) is 4.26. The summed E-state index contributed by atoms with van der Waals surface area (Å²) in [5.74, 6) is 0.568. The Hall–Kier alpha value is -2.21. The van der Waals surface area contributed by atoms with E-state index in [1.807, 2.05) is 18.3 Å². The Labute approximate surface area is 142 Å². The minimum atomic E-state index is 0.568. The van der Waals surface area contributed by atoms with Crippen molar-refractivity contribution in [2.75, 3.05) is 12.4 Å². The van der Waals surface area contributed by atoms with Crippen molar-refractivity contribution in [2.45, 2.75) is 51.5 Å². The number of hydrogen-bond acceptors (Lipinski definition) is 4. The third kappa shape index (κ3) is 4.64. The molecule has 0 spiro atoms. The van der Waals surface area contributed by atoms with Crippen molar-refractivity contribution >= 4 is 12.2 Å². The van der Waals surface area contributed by atoms with Crippen molar-refractivity contribution < 1.29 is 9.90 Å². The van der Waals surface area contributed by atoms with Gasteiger partial charge in [0.15, 0.2) is 0 Å². The molecule has 0 saturated heterocycles. The number of nitrogens with zero attached hydrogens (tertiary/aromatic N) is 3. The van der Waals surface area contributed by atoms with Crippen LogP contribution in [0, 0.1) is 0 Å². The summed E-state index contributed by atoms with van der Waals surface area (Å²) < 4.78 is 2.08. The number of hydrogen-bond donors (Lipinski definition) is 2. The lowest BCUT2D eigenvalue weighted by Gasteiger charge is -2.14. The fourth-order valence-corrected chi connectivity index (χ4v) is 2.65. The molecule has 1 fully saturated rings. The lowest BCUT2D eigenvalue weighted by atomic mass is 10.0. The molecular formula is C18H26N4O2. The maximum atomic E-state index is 10.4. The molecule has 1 saturated carbocycles. The zero-order valence-electron chi connectivity index (χ0n) is 14.2. The van der Waals surface area contributed by atoms with E-state index in [0.717, 1.165) is 31.2 Å². The van der Waals surface area contributed by atoms with Gasteiger partial charge in [0.25, 0.3) is 0 Å². The number of anilines is 1. The minimum Gasteiger partial charge on any atom is -0.400 e. The Morgan fingerprint density at radius 1 is 1.17 bits per heavy atom. The van der Waals surface area contributed by atoms with Crippen LogP contribution in [0.2, 0.25) is 0 Å². The molecule has 3 heterocycles. The van der Waals surface area contributed by atoms with Gasteiger partial charge in [-0.15, -0.1) is 0 Å². The first-order chi connectivity index (χ1) is 11.9. The first kappa shape index (κ1) is 18.1. The summed E-state index contributed by atoms with van der Waals surface area (Å²) in [4.78, 5) is 14.5. The second-order valence-corrected chi connectivity index (χ2v) is 5.79. The summed E-state index contributed by atoms with van der Waals surface area (Å²) in [7, 11) is 1.00. The van der Waals surface area contributed by atoms with Gasteiger partial charge >= 0.3 is 0 Å². The van der Waals surface area contributed by atoms with Crippen LogP contribution in [0.4, 0.5) is 5.82 Å². The average molecular weight is 330 g/mol. The number of aryl methyl sites for hydroxylation is 1. The van der Waals surface area contributed by atoms with Crippen LogP contribution in [0.1, 0.15) is 44.2 Å². The average Bonchev–Trinajstić information content (AvgIpc) is 3.00. The van der Waals surface area contributed by atoms with Gasteiger partial charge in [-0.1, -0.05) is 25.7 Å². The number of nitrogens with one attached hydrogen (secondary N) is 1. The fraction of sp³-hybridized carbons (Fsp3) is 0.500. The van der Waals surface area contributed by atoms with E-state index in [1.54, 1.807) is 6.20 Å². The highest BCUT2D eigenvalue weighted by Crippen LogP contribution is 2.28. The zero-order chi connectivity index (χ0) is 17.2. The first-order valence-electron chi connectivity index (χ1n) is 8.54. The molecule has 1 amide bonds. The molecule has 24 heavy (non-hydrogen) atoms. The molecule has 1 aliphatic carbocycles. The third-order valence-electron chi connectivity index (χ3n) is 4.26. The Balaban J connectivity index is 0.000000298. The molecule has 130 valence electrons.